The first-order valence-corrected chi connectivity index (χ1v) is 10.7. The predicted octanol–water partition coefficient (Wildman–Crippen LogP) is 4.87. The highest BCUT2D eigenvalue weighted by molar-refractivity contribution is 5.93. The summed E-state index contributed by atoms with van der Waals surface area (Å²) in [6.45, 7) is 6.60. The third kappa shape index (κ3) is 6.48. The number of likely N-dealkylation sites (tertiary alicyclic amines) is 1. The van der Waals surface area contributed by atoms with Gasteiger partial charge < -0.3 is 19.7 Å². The molecule has 1 saturated heterocycles. The normalized spacial score (nSPS) is 14.8. The molecule has 1 N–H and O–H groups in total. The van der Waals surface area contributed by atoms with Crippen LogP contribution in [0.15, 0.2) is 48.5 Å². The van der Waals surface area contributed by atoms with E-state index in [0.29, 0.717) is 25.9 Å². The van der Waals surface area contributed by atoms with Crippen LogP contribution in [0.25, 0.3) is 0 Å². The molecule has 2 aromatic carbocycles. The van der Waals surface area contributed by atoms with Crippen molar-refractivity contribution in [3.8, 4) is 5.75 Å². The van der Waals surface area contributed by atoms with Gasteiger partial charge in [0.1, 0.15) is 11.4 Å². The van der Waals surface area contributed by atoms with Crippen LogP contribution in [0.4, 0.5) is 10.5 Å². The third-order valence-corrected chi connectivity index (χ3v) is 5.30. The van der Waals surface area contributed by atoms with Gasteiger partial charge in [0.2, 0.25) is 5.91 Å². The molecule has 0 aromatic heterocycles. The number of ether oxygens (including phenoxy) is 2. The Morgan fingerprint density at radius 1 is 1.06 bits per heavy atom. The number of nitrogens with zero attached hydrogens (tertiary/aromatic N) is 1. The summed E-state index contributed by atoms with van der Waals surface area (Å²) in [5, 5.41) is 3.04. The molecule has 1 aliphatic rings. The summed E-state index contributed by atoms with van der Waals surface area (Å²) in [7, 11) is 1.65. The van der Waals surface area contributed by atoms with Crippen LogP contribution in [0.3, 0.4) is 0 Å². The first kappa shape index (κ1) is 22.7. The summed E-state index contributed by atoms with van der Waals surface area (Å²) in [6, 6.07) is 15.9. The summed E-state index contributed by atoms with van der Waals surface area (Å²) < 4.78 is 10.9. The molecule has 2 amide bonds. The van der Waals surface area contributed by atoms with Gasteiger partial charge in [-0.05, 0) is 57.4 Å². The SMILES string of the molecule is COc1ccc(NC(=O)C2CCN(C(=O)OC(C)(C)C)CC2)cc1Cc1ccccc1. The number of carbonyl (C=O) groups is 2. The Kier molecular flexibility index (Phi) is 7.21. The van der Waals surface area contributed by atoms with Gasteiger partial charge in [0.25, 0.3) is 0 Å². The molecular formula is C25H32N2O4. The lowest BCUT2D eigenvalue weighted by molar-refractivity contribution is -0.121. The number of nitrogens with one attached hydrogen (secondary N) is 1. The van der Waals surface area contributed by atoms with Crippen LogP contribution < -0.4 is 10.1 Å². The summed E-state index contributed by atoms with van der Waals surface area (Å²) in [4.78, 5) is 26.7. The molecule has 6 heteroatoms. The standard InChI is InChI=1S/C25H32N2O4/c1-25(2,3)31-24(29)27-14-12-19(13-15-27)23(28)26-21-10-11-22(30-4)20(17-21)16-18-8-6-5-7-9-18/h5-11,17,19H,12-16H2,1-4H3,(H,26,28). The molecule has 0 saturated carbocycles. The first-order valence-electron chi connectivity index (χ1n) is 10.7. The summed E-state index contributed by atoms with van der Waals surface area (Å²) in [5.41, 5.74) is 2.44. The van der Waals surface area contributed by atoms with Gasteiger partial charge in [-0.15, -0.1) is 0 Å². The number of amides is 2. The van der Waals surface area contributed by atoms with Crippen LogP contribution >= 0.6 is 0 Å². The lowest BCUT2D eigenvalue weighted by Crippen LogP contribution is -2.43. The Bertz CT molecular complexity index is 897. The van der Waals surface area contributed by atoms with E-state index in [1.54, 1.807) is 12.0 Å². The van der Waals surface area contributed by atoms with Crippen LogP contribution in [0, 0.1) is 5.92 Å². The van der Waals surface area contributed by atoms with Gasteiger partial charge in [-0.3, -0.25) is 4.79 Å². The number of hydrogen-bond acceptors (Lipinski definition) is 4. The van der Waals surface area contributed by atoms with Gasteiger partial charge in [0.15, 0.2) is 0 Å². The van der Waals surface area contributed by atoms with E-state index in [1.807, 2.05) is 57.2 Å². The summed E-state index contributed by atoms with van der Waals surface area (Å²) >= 11 is 0. The van der Waals surface area contributed by atoms with Gasteiger partial charge >= 0.3 is 6.09 Å². The molecule has 3 rings (SSSR count). The van der Waals surface area contributed by atoms with Crippen LogP contribution in [0.1, 0.15) is 44.7 Å². The fraction of sp³-hybridized carbons (Fsp3) is 0.440. The van der Waals surface area contributed by atoms with Crippen molar-refractivity contribution in [1.29, 1.82) is 0 Å². The fourth-order valence-electron chi connectivity index (χ4n) is 3.71. The maximum absolute atomic E-state index is 12.8. The van der Waals surface area contributed by atoms with Crippen molar-refractivity contribution < 1.29 is 19.1 Å². The van der Waals surface area contributed by atoms with E-state index >= 15 is 0 Å². The van der Waals surface area contributed by atoms with Crippen LogP contribution in [0.5, 0.6) is 5.75 Å². The average molecular weight is 425 g/mol. The van der Waals surface area contributed by atoms with E-state index < -0.39 is 5.60 Å². The third-order valence-electron chi connectivity index (χ3n) is 5.30. The van der Waals surface area contributed by atoms with Crippen molar-refractivity contribution in [3.05, 3.63) is 59.7 Å². The molecule has 1 heterocycles. The Morgan fingerprint density at radius 2 is 1.74 bits per heavy atom. The molecule has 1 fully saturated rings. The van der Waals surface area contributed by atoms with Crippen molar-refractivity contribution in [2.75, 3.05) is 25.5 Å². The molecule has 0 bridgehead atoms. The predicted molar refractivity (Wildman–Crippen MR) is 121 cm³/mol. The van der Waals surface area contributed by atoms with E-state index in [4.69, 9.17) is 9.47 Å². The number of methoxy groups -OCH3 is 1. The Hall–Kier alpha value is -3.02. The maximum Gasteiger partial charge on any atom is 0.410 e. The highest BCUT2D eigenvalue weighted by Crippen LogP contribution is 2.27. The molecule has 2 aromatic rings. The summed E-state index contributed by atoms with van der Waals surface area (Å²) in [6.07, 6.45) is 1.66. The van der Waals surface area contributed by atoms with Crippen LogP contribution in [0.2, 0.25) is 0 Å². The van der Waals surface area contributed by atoms with Crippen molar-refractivity contribution >= 4 is 17.7 Å². The molecule has 0 radical (unpaired) electrons. The summed E-state index contributed by atoms with van der Waals surface area (Å²) in [5.74, 6) is 0.658. The van der Waals surface area contributed by atoms with Crippen molar-refractivity contribution in [3.63, 3.8) is 0 Å². The smallest absolute Gasteiger partial charge is 0.410 e. The zero-order valence-corrected chi connectivity index (χ0v) is 18.8. The monoisotopic (exact) mass is 424 g/mol. The molecule has 0 atom stereocenters. The molecule has 6 nitrogen and oxygen atoms in total. The Labute approximate surface area is 184 Å². The van der Waals surface area contributed by atoms with Gasteiger partial charge in [0.05, 0.1) is 7.11 Å². The molecular weight excluding hydrogens is 392 g/mol. The van der Waals surface area contributed by atoms with E-state index in [2.05, 4.69) is 17.4 Å². The number of hydrogen-bond donors (Lipinski definition) is 1. The van der Waals surface area contributed by atoms with Gasteiger partial charge in [-0.1, -0.05) is 30.3 Å². The zero-order valence-electron chi connectivity index (χ0n) is 18.8. The molecule has 0 spiro atoms. The number of anilines is 1. The zero-order chi connectivity index (χ0) is 22.4. The quantitative estimate of drug-likeness (QED) is 0.743. The highest BCUT2D eigenvalue weighted by Gasteiger charge is 2.30. The number of piperidine rings is 1. The van der Waals surface area contributed by atoms with E-state index in [1.165, 1.54) is 5.56 Å². The minimum absolute atomic E-state index is 0.0142. The Balaban J connectivity index is 1.59. The lowest BCUT2D eigenvalue weighted by atomic mass is 9.96. The fourth-order valence-corrected chi connectivity index (χ4v) is 3.71. The number of benzene rings is 2. The topological polar surface area (TPSA) is 67.9 Å². The minimum atomic E-state index is -0.517. The van der Waals surface area contributed by atoms with Crippen molar-refractivity contribution in [2.24, 2.45) is 5.92 Å². The second-order valence-electron chi connectivity index (χ2n) is 8.92. The van der Waals surface area contributed by atoms with Gasteiger partial charge in [-0.25, -0.2) is 4.79 Å². The largest absolute Gasteiger partial charge is 0.496 e. The lowest BCUT2D eigenvalue weighted by Gasteiger charge is -2.33. The van der Waals surface area contributed by atoms with E-state index in [0.717, 1.165) is 23.4 Å². The molecule has 1 aliphatic heterocycles. The highest BCUT2D eigenvalue weighted by atomic mass is 16.6. The Morgan fingerprint density at radius 3 is 2.35 bits per heavy atom. The number of carbonyl (C=O) groups excluding carboxylic acids is 2. The molecule has 31 heavy (non-hydrogen) atoms. The van der Waals surface area contributed by atoms with Crippen LogP contribution in [-0.4, -0.2) is 42.7 Å². The van der Waals surface area contributed by atoms with E-state index in [-0.39, 0.29) is 17.9 Å². The van der Waals surface area contributed by atoms with Gasteiger partial charge in [0, 0.05) is 36.7 Å². The molecule has 166 valence electrons. The average Bonchev–Trinajstić information content (AvgIpc) is 2.73. The van der Waals surface area contributed by atoms with Gasteiger partial charge in [-0.2, -0.15) is 0 Å². The second-order valence-corrected chi connectivity index (χ2v) is 8.92. The van der Waals surface area contributed by atoms with Crippen molar-refractivity contribution in [1.82, 2.24) is 4.90 Å². The first-order chi connectivity index (χ1) is 14.7. The minimum Gasteiger partial charge on any atom is -0.496 e. The molecule has 0 aliphatic carbocycles. The van der Waals surface area contributed by atoms with Crippen molar-refractivity contribution in [2.45, 2.75) is 45.6 Å². The van der Waals surface area contributed by atoms with Crippen LogP contribution in [-0.2, 0) is 16.0 Å². The molecule has 0 unspecified atom stereocenters. The van der Waals surface area contributed by atoms with E-state index in [9.17, 15) is 9.59 Å². The second kappa shape index (κ2) is 9.86. The number of rotatable bonds is 5. The maximum atomic E-state index is 12.8.